The Morgan fingerprint density at radius 2 is 0.846 bits per heavy atom. The Labute approximate surface area is 93.9 Å². The van der Waals surface area contributed by atoms with Crippen molar-refractivity contribution in [1.29, 1.82) is 0 Å². The molecule has 0 aliphatic heterocycles. The van der Waals surface area contributed by atoms with Crippen molar-refractivity contribution in [3.05, 3.63) is 40.3 Å². The van der Waals surface area contributed by atoms with Crippen molar-refractivity contribution < 1.29 is 18.9 Å². The summed E-state index contributed by atoms with van der Waals surface area (Å²) in [5, 5.41) is 0. The quantitative estimate of drug-likeness (QED) is 0.389. The first-order valence-corrected chi connectivity index (χ1v) is 4.35. The minimum Gasteiger partial charge on any atom is -0.198 e. The van der Waals surface area contributed by atoms with Crippen LogP contribution in [0.1, 0.15) is 33.4 Å². The molecule has 66 valence electrons. The average Bonchev–Trinajstić information content (AvgIpc) is 2.08. The zero-order chi connectivity index (χ0) is 9.46. The molecule has 0 aliphatic carbocycles. The molecule has 0 saturated heterocycles. The average molecular weight is 168 g/mol. The minimum absolute atomic E-state index is 0. The van der Waals surface area contributed by atoms with Crippen molar-refractivity contribution in [2.45, 2.75) is 34.6 Å². The van der Waals surface area contributed by atoms with Gasteiger partial charge in [0.15, 0.2) is 0 Å². The second-order valence-corrected chi connectivity index (χ2v) is 3.60. The van der Waals surface area contributed by atoms with Crippen molar-refractivity contribution >= 4 is 0 Å². The molecule has 0 atom stereocenters. The molecule has 0 aliphatic rings. The Kier molecular flexibility index (Phi) is 4.16. The summed E-state index contributed by atoms with van der Waals surface area (Å²) in [6.45, 7) is 14.9. The Balaban J connectivity index is 0.00000144. The SMILES string of the molecule is [CH2-]c1c(C)c(C)c(C)c(C)c1C.[Li+]. The van der Waals surface area contributed by atoms with E-state index < -0.39 is 0 Å². The molecule has 0 bridgehead atoms. The first-order valence-electron chi connectivity index (χ1n) is 4.35. The van der Waals surface area contributed by atoms with Gasteiger partial charge in [-0.3, -0.25) is 0 Å². The van der Waals surface area contributed by atoms with Gasteiger partial charge in [-0.25, -0.2) is 0 Å². The van der Waals surface area contributed by atoms with E-state index >= 15 is 0 Å². The van der Waals surface area contributed by atoms with Crippen LogP contribution in [0.15, 0.2) is 0 Å². The molecule has 0 nitrogen and oxygen atoms in total. The Bertz CT molecular complexity index is 219. The van der Waals surface area contributed by atoms with Gasteiger partial charge in [-0.05, 0) is 6.92 Å². The summed E-state index contributed by atoms with van der Waals surface area (Å²) in [5.74, 6) is 0. The van der Waals surface area contributed by atoms with Gasteiger partial charge >= 0.3 is 18.9 Å². The molecular formula is C12H17Li. The normalized spacial score (nSPS) is 9.62. The third kappa shape index (κ3) is 1.95. The van der Waals surface area contributed by atoms with Gasteiger partial charge in [-0.15, -0.1) is 22.3 Å². The standard InChI is InChI=1S/C12H17.Li/c1-7-8(2)10(4)12(6)11(5)9(7)3;/h1H2,2-6H3;/q-1;+1. The Morgan fingerprint density at radius 3 is 1.15 bits per heavy atom. The van der Waals surface area contributed by atoms with Crippen LogP contribution in [0, 0.1) is 41.5 Å². The maximum Gasteiger partial charge on any atom is 1.00 e. The zero-order valence-corrected chi connectivity index (χ0v) is 9.71. The molecule has 0 spiro atoms. The van der Waals surface area contributed by atoms with Gasteiger partial charge in [0.2, 0.25) is 0 Å². The predicted molar refractivity (Wildman–Crippen MR) is 54.6 cm³/mol. The molecule has 1 rings (SSSR count). The van der Waals surface area contributed by atoms with Crippen LogP contribution < -0.4 is 18.9 Å². The number of rotatable bonds is 0. The van der Waals surface area contributed by atoms with E-state index in [1.807, 2.05) is 0 Å². The van der Waals surface area contributed by atoms with Crippen LogP contribution in [0.25, 0.3) is 0 Å². The molecule has 0 amide bonds. The fourth-order valence-corrected chi connectivity index (χ4v) is 1.58. The monoisotopic (exact) mass is 168 g/mol. The fraction of sp³-hybridized carbons (Fsp3) is 0.417. The van der Waals surface area contributed by atoms with Crippen molar-refractivity contribution in [3.8, 4) is 0 Å². The molecule has 1 aromatic rings. The molecule has 0 saturated carbocycles. The molecule has 0 radical (unpaired) electrons. The van der Waals surface area contributed by atoms with E-state index in [9.17, 15) is 0 Å². The van der Waals surface area contributed by atoms with Gasteiger partial charge in [-0.2, -0.15) is 12.5 Å². The molecular weight excluding hydrogens is 151 g/mol. The molecule has 0 unspecified atom stereocenters. The van der Waals surface area contributed by atoms with Crippen LogP contribution in [0.3, 0.4) is 0 Å². The Morgan fingerprint density at radius 1 is 0.615 bits per heavy atom. The smallest absolute Gasteiger partial charge is 0.198 e. The minimum atomic E-state index is 0. The molecule has 0 aromatic heterocycles. The van der Waals surface area contributed by atoms with Gasteiger partial charge in [0, 0.05) is 0 Å². The van der Waals surface area contributed by atoms with E-state index in [-0.39, 0.29) is 18.9 Å². The fourth-order valence-electron chi connectivity index (χ4n) is 1.58. The summed E-state index contributed by atoms with van der Waals surface area (Å²) in [6, 6.07) is 0. The van der Waals surface area contributed by atoms with Crippen LogP contribution in [0.2, 0.25) is 0 Å². The number of benzene rings is 1. The van der Waals surface area contributed by atoms with Crippen molar-refractivity contribution in [2.24, 2.45) is 0 Å². The number of hydrogen-bond donors (Lipinski definition) is 0. The maximum atomic E-state index is 4.08. The van der Waals surface area contributed by atoms with Crippen LogP contribution in [-0.4, -0.2) is 0 Å². The summed E-state index contributed by atoms with van der Waals surface area (Å²) >= 11 is 0. The van der Waals surface area contributed by atoms with Gasteiger partial charge in [0.05, 0.1) is 0 Å². The van der Waals surface area contributed by atoms with Gasteiger partial charge in [0.25, 0.3) is 0 Å². The summed E-state index contributed by atoms with van der Waals surface area (Å²) in [7, 11) is 0. The molecule has 1 aromatic carbocycles. The van der Waals surface area contributed by atoms with Crippen LogP contribution in [0.4, 0.5) is 0 Å². The maximum absolute atomic E-state index is 4.08. The first kappa shape index (κ1) is 12.7. The van der Waals surface area contributed by atoms with Crippen LogP contribution in [0.5, 0.6) is 0 Å². The topological polar surface area (TPSA) is 0 Å². The van der Waals surface area contributed by atoms with E-state index in [2.05, 4.69) is 41.5 Å². The van der Waals surface area contributed by atoms with Crippen LogP contribution >= 0.6 is 0 Å². The van der Waals surface area contributed by atoms with Gasteiger partial charge < -0.3 is 0 Å². The molecule has 1 heteroatoms. The number of hydrogen-bond acceptors (Lipinski definition) is 0. The molecule has 0 N–H and O–H groups in total. The summed E-state index contributed by atoms with van der Waals surface area (Å²) in [5.41, 5.74) is 8.09. The second kappa shape index (κ2) is 4.27. The van der Waals surface area contributed by atoms with E-state index in [0.29, 0.717) is 0 Å². The van der Waals surface area contributed by atoms with Crippen LogP contribution in [-0.2, 0) is 0 Å². The van der Waals surface area contributed by atoms with E-state index in [4.69, 9.17) is 0 Å². The van der Waals surface area contributed by atoms with Crippen molar-refractivity contribution in [2.75, 3.05) is 0 Å². The van der Waals surface area contributed by atoms with Gasteiger partial charge in [-0.1, -0.05) is 33.3 Å². The summed E-state index contributed by atoms with van der Waals surface area (Å²) in [6.07, 6.45) is 0. The Hall–Kier alpha value is -0.313. The predicted octanol–water partition coefficient (Wildman–Crippen LogP) is 0.415. The van der Waals surface area contributed by atoms with E-state index in [1.54, 1.807) is 0 Å². The van der Waals surface area contributed by atoms with Crippen molar-refractivity contribution in [3.63, 3.8) is 0 Å². The first-order chi connectivity index (χ1) is 5.46. The summed E-state index contributed by atoms with van der Waals surface area (Å²) in [4.78, 5) is 0. The summed E-state index contributed by atoms with van der Waals surface area (Å²) < 4.78 is 0. The largest absolute Gasteiger partial charge is 1.00 e. The van der Waals surface area contributed by atoms with Crippen molar-refractivity contribution in [1.82, 2.24) is 0 Å². The third-order valence-corrected chi connectivity index (χ3v) is 3.16. The molecule has 0 fully saturated rings. The third-order valence-electron chi connectivity index (χ3n) is 3.16. The van der Waals surface area contributed by atoms with E-state index in [0.717, 1.165) is 0 Å². The molecule has 0 heterocycles. The zero-order valence-electron chi connectivity index (χ0n) is 9.71. The van der Waals surface area contributed by atoms with Gasteiger partial charge in [0.1, 0.15) is 0 Å². The second-order valence-electron chi connectivity index (χ2n) is 3.60. The van der Waals surface area contributed by atoms with E-state index in [1.165, 1.54) is 33.4 Å². The molecule has 13 heavy (non-hydrogen) atoms.